The molecule has 0 unspecified atom stereocenters. The summed E-state index contributed by atoms with van der Waals surface area (Å²) in [7, 11) is 0. The van der Waals surface area contributed by atoms with Gasteiger partial charge in [-0.2, -0.15) is 0 Å². The van der Waals surface area contributed by atoms with Gasteiger partial charge in [-0.15, -0.1) is 5.10 Å². The number of nitrogens with zero attached hydrogens (tertiary/aromatic N) is 5. The van der Waals surface area contributed by atoms with Crippen LogP contribution in [0.15, 0.2) is 48.7 Å². The highest BCUT2D eigenvalue weighted by atomic mass is 35.5. The minimum absolute atomic E-state index is 0.0890. The number of carbonyl (C=O) groups is 1. The molecule has 1 fully saturated rings. The van der Waals surface area contributed by atoms with E-state index in [1.807, 2.05) is 17.0 Å². The molecule has 0 saturated carbocycles. The number of halogens is 1. The van der Waals surface area contributed by atoms with Crippen LogP contribution in [0.1, 0.15) is 21.6 Å². The van der Waals surface area contributed by atoms with E-state index in [-0.39, 0.29) is 5.91 Å². The lowest BCUT2D eigenvalue weighted by atomic mass is 10.1. The van der Waals surface area contributed by atoms with E-state index in [0.29, 0.717) is 23.8 Å². The van der Waals surface area contributed by atoms with E-state index in [1.165, 1.54) is 16.8 Å². The molecular weight excluding hydrogens is 374 g/mol. The zero-order chi connectivity index (χ0) is 19.7. The molecule has 2 aromatic carbocycles. The molecule has 2 heterocycles. The largest absolute Gasteiger partial charge is 0.368 e. The molecule has 0 atom stereocenters. The average molecular weight is 396 g/mol. The third-order valence-corrected chi connectivity index (χ3v) is 5.29. The minimum Gasteiger partial charge on any atom is -0.368 e. The van der Waals surface area contributed by atoms with Gasteiger partial charge in [0.15, 0.2) is 5.69 Å². The lowest BCUT2D eigenvalue weighted by Gasteiger charge is -2.36. The Hall–Kier alpha value is -2.86. The molecule has 1 aromatic heterocycles. The van der Waals surface area contributed by atoms with Crippen molar-refractivity contribution in [3.8, 4) is 5.69 Å². The molecule has 1 saturated heterocycles. The fourth-order valence-corrected chi connectivity index (χ4v) is 3.66. The van der Waals surface area contributed by atoms with Crippen LogP contribution in [0, 0.1) is 13.8 Å². The van der Waals surface area contributed by atoms with E-state index < -0.39 is 0 Å². The number of benzene rings is 2. The molecule has 0 radical (unpaired) electrons. The Kier molecular flexibility index (Phi) is 5.05. The topological polar surface area (TPSA) is 54.3 Å². The number of amides is 1. The molecular formula is C21H22ClN5O. The van der Waals surface area contributed by atoms with E-state index in [2.05, 4.69) is 47.3 Å². The quantitative estimate of drug-likeness (QED) is 0.681. The van der Waals surface area contributed by atoms with Gasteiger partial charge in [-0.3, -0.25) is 4.79 Å². The molecule has 4 rings (SSSR count). The van der Waals surface area contributed by atoms with Gasteiger partial charge >= 0.3 is 0 Å². The Morgan fingerprint density at radius 3 is 2.57 bits per heavy atom. The van der Waals surface area contributed by atoms with Crippen LogP contribution in [-0.4, -0.2) is 52.0 Å². The maximum absolute atomic E-state index is 12.8. The van der Waals surface area contributed by atoms with Crippen LogP contribution in [0.4, 0.5) is 5.69 Å². The average Bonchev–Trinajstić information content (AvgIpc) is 3.20. The highest BCUT2D eigenvalue weighted by Crippen LogP contribution is 2.23. The van der Waals surface area contributed by atoms with Gasteiger partial charge in [0.25, 0.3) is 5.91 Å². The monoisotopic (exact) mass is 395 g/mol. The van der Waals surface area contributed by atoms with Gasteiger partial charge in [0.1, 0.15) is 0 Å². The van der Waals surface area contributed by atoms with Crippen molar-refractivity contribution in [2.45, 2.75) is 13.8 Å². The Morgan fingerprint density at radius 2 is 1.82 bits per heavy atom. The lowest BCUT2D eigenvalue weighted by molar-refractivity contribution is 0.0740. The minimum atomic E-state index is -0.0890. The molecule has 1 aliphatic heterocycles. The van der Waals surface area contributed by atoms with Crippen LogP contribution in [0.2, 0.25) is 5.02 Å². The van der Waals surface area contributed by atoms with Crippen molar-refractivity contribution in [2.24, 2.45) is 0 Å². The van der Waals surface area contributed by atoms with Gasteiger partial charge in [0.2, 0.25) is 0 Å². The fraction of sp³-hybridized carbons (Fsp3) is 0.286. The van der Waals surface area contributed by atoms with Crippen LogP contribution in [0.25, 0.3) is 5.69 Å². The molecule has 0 N–H and O–H groups in total. The number of carbonyl (C=O) groups excluding carboxylic acids is 1. The van der Waals surface area contributed by atoms with E-state index in [9.17, 15) is 4.79 Å². The van der Waals surface area contributed by atoms with Crippen LogP contribution in [-0.2, 0) is 0 Å². The first-order chi connectivity index (χ1) is 13.5. The van der Waals surface area contributed by atoms with Gasteiger partial charge in [-0.1, -0.05) is 35.0 Å². The first-order valence-corrected chi connectivity index (χ1v) is 9.69. The van der Waals surface area contributed by atoms with Crippen molar-refractivity contribution in [1.82, 2.24) is 19.9 Å². The van der Waals surface area contributed by atoms with Gasteiger partial charge in [0.05, 0.1) is 11.9 Å². The Balaban J connectivity index is 1.44. The van der Waals surface area contributed by atoms with Crippen LogP contribution >= 0.6 is 11.6 Å². The van der Waals surface area contributed by atoms with Crippen molar-refractivity contribution >= 4 is 23.2 Å². The first-order valence-electron chi connectivity index (χ1n) is 9.31. The van der Waals surface area contributed by atoms with E-state index in [4.69, 9.17) is 11.6 Å². The summed E-state index contributed by atoms with van der Waals surface area (Å²) >= 11 is 6.03. The van der Waals surface area contributed by atoms with E-state index in [1.54, 1.807) is 23.0 Å². The first kappa shape index (κ1) is 18.5. The number of hydrogen-bond acceptors (Lipinski definition) is 4. The summed E-state index contributed by atoms with van der Waals surface area (Å²) in [5, 5.41) is 8.76. The van der Waals surface area contributed by atoms with Crippen LogP contribution in [0.5, 0.6) is 0 Å². The number of aryl methyl sites for hydroxylation is 2. The summed E-state index contributed by atoms with van der Waals surface area (Å²) in [6.07, 6.45) is 1.66. The number of hydrogen-bond donors (Lipinski definition) is 0. The number of aromatic nitrogens is 3. The predicted octanol–water partition coefficient (Wildman–Crippen LogP) is 3.50. The summed E-state index contributed by atoms with van der Waals surface area (Å²) < 4.78 is 1.57. The van der Waals surface area contributed by atoms with Crippen molar-refractivity contribution in [2.75, 3.05) is 31.1 Å². The third-order valence-electron chi connectivity index (χ3n) is 5.06. The van der Waals surface area contributed by atoms with Gasteiger partial charge in [0, 0.05) is 36.9 Å². The second kappa shape index (κ2) is 7.64. The van der Waals surface area contributed by atoms with Crippen LogP contribution < -0.4 is 4.90 Å². The molecule has 144 valence electrons. The molecule has 1 amide bonds. The summed E-state index contributed by atoms with van der Waals surface area (Å²) in [5.74, 6) is -0.0890. The molecule has 3 aromatic rings. The van der Waals surface area contributed by atoms with E-state index in [0.717, 1.165) is 18.8 Å². The summed E-state index contributed by atoms with van der Waals surface area (Å²) in [6, 6.07) is 13.8. The zero-order valence-corrected chi connectivity index (χ0v) is 16.7. The van der Waals surface area contributed by atoms with Gasteiger partial charge in [-0.25, -0.2) is 4.68 Å². The molecule has 1 aliphatic rings. The fourth-order valence-electron chi connectivity index (χ4n) is 3.48. The van der Waals surface area contributed by atoms with Crippen molar-refractivity contribution in [1.29, 1.82) is 0 Å². The molecule has 0 bridgehead atoms. The Labute approximate surface area is 169 Å². The highest BCUT2D eigenvalue weighted by molar-refractivity contribution is 6.30. The maximum atomic E-state index is 12.8. The molecule has 6 nitrogen and oxygen atoms in total. The zero-order valence-electron chi connectivity index (χ0n) is 16.0. The van der Waals surface area contributed by atoms with Gasteiger partial charge in [-0.05, 0) is 49.2 Å². The standard InChI is InChI=1S/C21H22ClN5O/c1-15-6-7-16(2)20(12-15)25-8-10-26(11-9-25)21(28)19-14-27(24-23-19)18-5-3-4-17(22)13-18/h3-7,12-14H,8-11H2,1-2H3. The van der Waals surface area contributed by atoms with Crippen LogP contribution in [0.3, 0.4) is 0 Å². The SMILES string of the molecule is Cc1ccc(C)c(N2CCN(C(=O)c3cn(-c4cccc(Cl)c4)nn3)CC2)c1. The molecule has 0 spiro atoms. The Morgan fingerprint density at radius 1 is 1.04 bits per heavy atom. The maximum Gasteiger partial charge on any atom is 0.276 e. The summed E-state index contributed by atoms with van der Waals surface area (Å²) in [5.41, 5.74) is 4.88. The molecule has 28 heavy (non-hydrogen) atoms. The van der Waals surface area contributed by atoms with Crippen molar-refractivity contribution < 1.29 is 4.79 Å². The summed E-state index contributed by atoms with van der Waals surface area (Å²) in [4.78, 5) is 17.0. The molecule has 0 aliphatic carbocycles. The number of piperazine rings is 1. The van der Waals surface area contributed by atoms with Crippen molar-refractivity contribution in [3.05, 3.63) is 70.5 Å². The van der Waals surface area contributed by atoms with Crippen molar-refractivity contribution in [3.63, 3.8) is 0 Å². The normalized spacial score (nSPS) is 14.4. The molecule has 7 heteroatoms. The number of rotatable bonds is 3. The van der Waals surface area contributed by atoms with E-state index >= 15 is 0 Å². The lowest BCUT2D eigenvalue weighted by Crippen LogP contribution is -2.49. The smallest absolute Gasteiger partial charge is 0.276 e. The summed E-state index contributed by atoms with van der Waals surface area (Å²) in [6.45, 7) is 7.16. The predicted molar refractivity (Wildman–Crippen MR) is 110 cm³/mol. The second-order valence-electron chi connectivity index (χ2n) is 7.10. The Bertz CT molecular complexity index is 1010. The van der Waals surface area contributed by atoms with Gasteiger partial charge < -0.3 is 9.80 Å². The highest BCUT2D eigenvalue weighted by Gasteiger charge is 2.25. The third kappa shape index (κ3) is 3.73. The second-order valence-corrected chi connectivity index (χ2v) is 7.53. The number of anilines is 1.